The monoisotopic (exact) mass is 401 g/mol. The first kappa shape index (κ1) is 19.6. The molecule has 30 heavy (non-hydrogen) atoms. The third-order valence-electron chi connectivity index (χ3n) is 5.00. The van der Waals surface area contributed by atoms with E-state index in [0.29, 0.717) is 30.4 Å². The van der Waals surface area contributed by atoms with Crippen LogP contribution in [-0.4, -0.2) is 31.8 Å². The highest BCUT2D eigenvalue weighted by Gasteiger charge is 2.08. The van der Waals surface area contributed by atoms with Crippen molar-refractivity contribution in [3.8, 4) is 5.69 Å². The zero-order valence-corrected chi connectivity index (χ0v) is 16.8. The minimum Gasteiger partial charge on any atom is -0.356 e. The first-order valence-corrected chi connectivity index (χ1v) is 9.93. The van der Waals surface area contributed by atoms with Crippen LogP contribution in [0.1, 0.15) is 17.7 Å². The summed E-state index contributed by atoms with van der Waals surface area (Å²) >= 11 is 0. The number of rotatable bonds is 7. The molecule has 7 heteroatoms. The van der Waals surface area contributed by atoms with E-state index in [1.165, 1.54) is 10.9 Å². The molecule has 1 N–H and O–H groups in total. The summed E-state index contributed by atoms with van der Waals surface area (Å²) in [6.45, 7) is 2.72. The van der Waals surface area contributed by atoms with Crippen LogP contribution in [0, 0.1) is 6.92 Å². The Hall–Kier alpha value is -3.74. The fourth-order valence-electron chi connectivity index (χ4n) is 3.36. The van der Waals surface area contributed by atoms with Gasteiger partial charge in [0.1, 0.15) is 0 Å². The molecule has 1 amide bonds. The van der Waals surface area contributed by atoms with Crippen molar-refractivity contribution in [1.82, 2.24) is 24.6 Å². The van der Waals surface area contributed by atoms with Crippen LogP contribution in [0.2, 0.25) is 0 Å². The molecule has 2 heterocycles. The Balaban J connectivity index is 1.29. The van der Waals surface area contributed by atoms with E-state index < -0.39 is 0 Å². The Morgan fingerprint density at radius 3 is 2.73 bits per heavy atom. The van der Waals surface area contributed by atoms with E-state index in [0.717, 1.165) is 16.9 Å². The number of nitrogens with zero attached hydrogens (tertiary/aromatic N) is 4. The Morgan fingerprint density at radius 2 is 1.90 bits per heavy atom. The molecule has 0 unspecified atom stereocenters. The summed E-state index contributed by atoms with van der Waals surface area (Å²) in [6.07, 6.45) is 4.29. The van der Waals surface area contributed by atoms with Gasteiger partial charge in [-0.15, -0.1) is 0 Å². The van der Waals surface area contributed by atoms with E-state index >= 15 is 0 Å². The minimum atomic E-state index is -0.122. The van der Waals surface area contributed by atoms with Gasteiger partial charge >= 0.3 is 0 Å². The van der Waals surface area contributed by atoms with Gasteiger partial charge in [-0.25, -0.2) is 9.67 Å². The summed E-state index contributed by atoms with van der Waals surface area (Å²) in [5.41, 5.74) is 3.45. The first-order valence-electron chi connectivity index (χ1n) is 9.93. The Labute approximate surface area is 174 Å². The van der Waals surface area contributed by atoms with Gasteiger partial charge in [0, 0.05) is 32.1 Å². The molecule has 0 fully saturated rings. The lowest BCUT2D eigenvalue weighted by Gasteiger charge is -2.08. The SMILES string of the molecule is Cc1cccc2c(=O)n(CCC(=O)NCCc3ccn(-c4ccccc4)n3)cnc12. The fourth-order valence-corrected chi connectivity index (χ4v) is 3.36. The fraction of sp³-hybridized carbons (Fsp3) is 0.217. The Bertz CT molecular complexity index is 1230. The molecule has 0 radical (unpaired) electrons. The van der Waals surface area contributed by atoms with E-state index in [-0.39, 0.29) is 17.9 Å². The molecule has 0 aliphatic heterocycles. The van der Waals surface area contributed by atoms with Crippen LogP contribution >= 0.6 is 0 Å². The highest BCUT2D eigenvalue weighted by atomic mass is 16.1. The molecule has 0 atom stereocenters. The number of fused-ring (bicyclic) bond motifs is 1. The summed E-state index contributed by atoms with van der Waals surface area (Å²) < 4.78 is 3.31. The van der Waals surface area contributed by atoms with Crippen LogP contribution in [-0.2, 0) is 17.8 Å². The first-order chi connectivity index (χ1) is 14.6. The number of para-hydroxylation sites is 2. The van der Waals surface area contributed by atoms with Crippen LogP contribution < -0.4 is 10.9 Å². The molecule has 0 saturated carbocycles. The van der Waals surface area contributed by atoms with E-state index in [9.17, 15) is 9.59 Å². The number of hydrogen-bond donors (Lipinski definition) is 1. The summed E-state index contributed by atoms with van der Waals surface area (Å²) in [7, 11) is 0. The second kappa shape index (κ2) is 8.73. The molecule has 4 rings (SSSR count). The van der Waals surface area contributed by atoms with Crippen molar-refractivity contribution in [3.05, 3.63) is 88.7 Å². The van der Waals surface area contributed by atoms with Crippen molar-refractivity contribution >= 4 is 16.8 Å². The maximum atomic E-state index is 12.6. The predicted octanol–water partition coefficient (Wildman–Crippen LogP) is 2.64. The number of amides is 1. The number of benzene rings is 2. The normalized spacial score (nSPS) is 11.0. The topological polar surface area (TPSA) is 81.8 Å². The summed E-state index contributed by atoms with van der Waals surface area (Å²) in [5.74, 6) is -0.103. The molecule has 0 aliphatic rings. The average Bonchev–Trinajstić information content (AvgIpc) is 3.23. The van der Waals surface area contributed by atoms with Crippen molar-refractivity contribution in [2.75, 3.05) is 6.54 Å². The largest absolute Gasteiger partial charge is 0.356 e. The molecule has 4 aromatic rings. The van der Waals surface area contributed by atoms with E-state index in [2.05, 4.69) is 15.4 Å². The van der Waals surface area contributed by atoms with Crippen molar-refractivity contribution in [3.63, 3.8) is 0 Å². The van der Waals surface area contributed by atoms with Crippen LogP contribution in [0.3, 0.4) is 0 Å². The second-order valence-corrected chi connectivity index (χ2v) is 7.15. The maximum absolute atomic E-state index is 12.6. The van der Waals surface area contributed by atoms with Gasteiger partial charge in [0.25, 0.3) is 5.56 Å². The quantitative estimate of drug-likeness (QED) is 0.516. The van der Waals surface area contributed by atoms with Crippen molar-refractivity contribution in [2.45, 2.75) is 26.3 Å². The number of carbonyl (C=O) groups excluding carboxylic acids is 1. The summed E-state index contributed by atoms with van der Waals surface area (Å²) in [4.78, 5) is 29.2. The summed E-state index contributed by atoms with van der Waals surface area (Å²) in [6, 6.07) is 17.4. The molecule has 152 valence electrons. The van der Waals surface area contributed by atoms with E-state index in [1.54, 1.807) is 6.07 Å². The Morgan fingerprint density at radius 1 is 1.07 bits per heavy atom. The van der Waals surface area contributed by atoms with Gasteiger partial charge in [-0.1, -0.05) is 30.3 Å². The predicted molar refractivity (Wildman–Crippen MR) is 116 cm³/mol. The van der Waals surface area contributed by atoms with Crippen LogP contribution in [0.15, 0.2) is 71.9 Å². The zero-order chi connectivity index (χ0) is 20.9. The number of aryl methyl sites for hydroxylation is 2. The third-order valence-corrected chi connectivity index (χ3v) is 5.00. The maximum Gasteiger partial charge on any atom is 0.261 e. The van der Waals surface area contributed by atoms with Gasteiger partial charge in [0.05, 0.1) is 28.6 Å². The number of carbonyl (C=O) groups is 1. The van der Waals surface area contributed by atoms with Crippen molar-refractivity contribution in [2.24, 2.45) is 0 Å². The standard InChI is InChI=1S/C23H23N5O2/c1-17-6-5-9-20-22(17)25-16-27(23(20)30)14-12-21(29)24-13-10-18-11-15-28(26-18)19-7-3-2-4-8-19/h2-9,11,15-16H,10,12-14H2,1H3,(H,24,29). The highest BCUT2D eigenvalue weighted by Crippen LogP contribution is 2.11. The second-order valence-electron chi connectivity index (χ2n) is 7.15. The number of nitrogens with one attached hydrogen (secondary N) is 1. The molecular weight excluding hydrogens is 378 g/mol. The molecule has 2 aromatic carbocycles. The van der Waals surface area contributed by atoms with E-state index in [4.69, 9.17) is 0 Å². The molecule has 0 spiro atoms. The lowest BCUT2D eigenvalue weighted by atomic mass is 10.1. The van der Waals surface area contributed by atoms with Gasteiger partial charge < -0.3 is 5.32 Å². The lowest BCUT2D eigenvalue weighted by molar-refractivity contribution is -0.121. The van der Waals surface area contributed by atoms with Crippen molar-refractivity contribution in [1.29, 1.82) is 0 Å². The summed E-state index contributed by atoms with van der Waals surface area (Å²) in [5, 5.41) is 8.00. The van der Waals surface area contributed by atoms with Crippen LogP contribution in [0.4, 0.5) is 0 Å². The van der Waals surface area contributed by atoms with E-state index in [1.807, 2.05) is 66.3 Å². The van der Waals surface area contributed by atoms with Crippen LogP contribution in [0.25, 0.3) is 16.6 Å². The molecule has 2 aromatic heterocycles. The van der Waals surface area contributed by atoms with Crippen molar-refractivity contribution < 1.29 is 4.79 Å². The lowest BCUT2D eigenvalue weighted by Crippen LogP contribution is -2.29. The highest BCUT2D eigenvalue weighted by molar-refractivity contribution is 5.80. The molecule has 0 bridgehead atoms. The zero-order valence-electron chi connectivity index (χ0n) is 16.8. The smallest absolute Gasteiger partial charge is 0.261 e. The van der Waals surface area contributed by atoms with Crippen LogP contribution in [0.5, 0.6) is 0 Å². The molecule has 0 saturated heterocycles. The molecular formula is C23H23N5O2. The third kappa shape index (κ3) is 4.30. The Kier molecular flexibility index (Phi) is 5.70. The van der Waals surface area contributed by atoms with Gasteiger partial charge in [-0.3, -0.25) is 14.2 Å². The molecule has 0 aliphatic carbocycles. The van der Waals surface area contributed by atoms with Gasteiger partial charge in [0.2, 0.25) is 5.91 Å². The number of aromatic nitrogens is 4. The number of hydrogen-bond acceptors (Lipinski definition) is 4. The van der Waals surface area contributed by atoms with Gasteiger partial charge in [0.15, 0.2) is 0 Å². The van der Waals surface area contributed by atoms with Gasteiger partial charge in [-0.05, 0) is 36.8 Å². The average molecular weight is 401 g/mol. The van der Waals surface area contributed by atoms with Gasteiger partial charge in [-0.2, -0.15) is 5.10 Å². The minimum absolute atomic E-state index is 0.103. The molecule has 7 nitrogen and oxygen atoms in total.